The van der Waals surface area contributed by atoms with Gasteiger partial charge in [0.2, 0.25) is 0 Å². The summed E-state index contributed by atoms with van der Waals surface area (Å²) in [5, 5.41) is 0. The van der Waals surface area contributed by atoms with Crippen LogP contribution in [0.2, 0.25) is 0 Å². The summed E-state index contributed by atoms with van der Waals surface area (Å²) in [6, 6.07) is 8.23. The van der Waals surface area contributed by atoms with Crippen molar-refractivity contribution < 1.29 is 17.9 Å². The van der Waals surface area contributed by atoms with Crippen LogP contribution in [0.15, 0.2) is 30.3 Å². The molecular weight excluding hydrogens is 277 g/mol. The van der Waals surface area contributed by atoms with E-state index in [1.165, 1.54) is 19.3 Å². The van der Waals surface area contributed by atoms with Gasteiger partial charge in [0.25, 0.3) is 0 Å². The molecule has 120 valence electrons. The van der Waals surface area contributed by atoms with E-state index in [-0.39, 0.29) is 12.2 Å². The topological polar surface area (TPSA) is 9.23 Å². The van der Waals surface area contributed by atoms with Gasteiger partial charge in [0.15, 0.2) is 6.10 Å². The lowest BCUT2D eigenvalue weighted by atomic mass is 10.1. The lowest BCUT2D eigenvalue weighted by Gasteiger charge is -2.21. The number of rotatable bonds is 10. The molecule has 1 aromatic carbocycles. The maximum absolute atomic E-state index is 13.0. The zero-order valence-corrected chi connectivity index (χ0v) is 12.7. The summed E-state index contributed by atoms with van der Waals surface area (Å²) in [5.74, 6) is 0.280. The van der Waals surface area contributed by atoms with Crippen LogP contribution in [0.1, 0.15) is 58.3 Å². The number of alkyl halides is 3. The molecule has 1 atom stereocenters. The molecule has 0 bridgehead atoms. The quantitative estimate of drug-likeness (QED) is 0.472. The van der Waals surface area contributed by atoms with Crippen LogP contribution in [-0.2, 0) is 0 Å². The van der Waals surface area contributed by atoms with E-state index < -0.39 is 12.3 Å². The first-order valence-corrected chi connectivity index (χ1v) is 7.82. The molecule has 21 heavy (non-hydrogen) atoms. The lowest BCUT2D eigenvalue weighted by molar-refractivity contribution is -0.197. The molecule has 0 saturated heterocycles. The molecule has 0 N–H and O–H groups in total. The Morgan fingerprint density at radius 1 is 0.905 bits per heavy atom. The number of para-hydroxylation sites is 1. The molecule has 0 heterocycles. The third-order valence-electron chi connectivity index (χ3n) is 3.46. The number of hydrogen-bond acceptors (Lipinski definition) is 1. The van der Waals surface area contributed by atoms with Crippen molar-refractivity contribution in [3.8, 4) is 5.75 Å². The number of ether oxygens (including phenoxy) is 1. The van der Waals surface area contributed by atoms with Gasteiger partial charge in [-0.2, -0.15) is 13.2 Å². The smallest absolute Gasteiger partial charge is 0.425 e. The summed E-state index contributed by atoms with van der Waals surface area (Å²) in [6.45, 7) is 2.15. The van der Waals surface area contributed by atoms with Gasteiger partial charge in [0.1, 0.15) is 5.75 Å². The molecule has 4 heteroatoms. The van der Waals surface area contributed by atoms with Crippen LogP contribution in [0.4, 0.5) is 13.2 Å². The Morgan fingerprint density at radius 2 is 1.48 bits per heavy atom. The van der Waals surface area contributed by atoms with Crippen LogP contribution < -0.4 is 4.74 Å². The molecular formula is C17H25F3O. The van der Waals surface area contributed by atoms with E-state index in [0.29, 0.717) is 6.42 Å². The lowest BCUT2D eigenvalue weighted by Crippen LogP contribution is -2.34. The van der Waals surface area contributed by atoms with Crippen molar-refractivity contribution in [2.24, 2.45) is 0 Å². The second kappa shape index (κ2) is 9.69. The number of hydrogen-bond donors (Lipinski definition) is 0. The minimum atomic E-state index is -4.31. The second-order valence-electron chi connectivity index (χ2n) is 5.37. The largest absolute Gasteiger partial charge is 0.481 e. The molecule has 0 aliphatic rings. The van der Waals surface area contributed by atoms with Gasteiger partial charge in [-0.1, -0.05) is 63.6 Å². The van der Waals surface area contributed by atoms with Crippen molar-refractivity contribution in [1.29, 1.82) is 0 Å². The van der Waals surface area contributed by atoms with Crippen LogP contribution in [-0.4, -0.2) is 12.3 Å². The Kier molecular flexibility index (Phi) is 8.24. The molecule has 1 aromatic rings. The zero-order valence-electron chi connectivity index (χ0n) is 12.7. The summed E-state index contributed by atoms with van der Waals surface area (Å²) in [6.07, 6.45) is 1.13. The normalized spacial score (nSPS) is 13.1. The van der Waals surface area contributed by atoms with Gasteiger partial charge in [-0.3, -0.25) is 0 Å². The predicted octanol–water partition coefficient (Wildman–Crippen LogP) is 6.14. The van der Waals surface area contributed by atoms with Gasteiger partial charge in [-0.05, 0) is 25.0 Å². The monoisotopic (exact) mass is 302 g/mol. The van der Waals surface area contributed by atoms with Crippen molar-refractivity contribution in [3.63, 3.8) is 0 Å². The maximum Gasteiger partial charge on any atom is 0.425 e. The molecule has 0 aromatic heterocycles. The molecule has 0 aliphatic carbocycles. The fourth-order valence-corrected chi connectivity index (χ4v) is 2.24. The molecule has 0 amide bonds. The summed E-state index contributed by atoms with van der Waals surface area (Å²) < 4.78 is 44.0. The Balaban J connectivity index is 2.31. The molecule has 1 nitrogen and oxygen atoms in total. The second-order valence-corrected chi connectivity index (χ2v) is 5.37. The Labute approximate surface area is 125 Å². The van der Waals surface area contributed by atoms with Crippen LogP contribution >= 0.6 is 0 Å². The van der Waals surface area contributed by atoms with E-state index in [0.717, 1.165) is 19.3 Å². The van der Waals surface area contributed by atoms with Crippen molar-refractivity contribution in [1.82, 2.24) is 0 Å². The Morgan fingerprint density at radius 3 is 2.05 bits per heavy atom. The van der Waals surface area contributed by atoms with E-state index in [4.69, 9.17) is 4.74 Å². The van der Waals surface area contributed by atoms with Gasteiger partial charge in [-0.25, -0.2) is 0 Å². The molecule has 0 spiro atoms. The summed E-state index contributed by atoms with van der Waals surface area (Å²) in [5.41, 5.74) is 0. The highest BCUT2D eigenvalue weighted by Gasteiger charge is 2.41. The van der Waals surface area contributed by atoms with Crippen molar-refractivity contribution in [2.75, 3.05) is 0 Å². The summed E-state index contributed by atoms with van der Waals surface area (Å²) >= 11 is 0. The van der Waals surface area contributed by atoms with Gasteiger partial charge in [0, 0.05) is 0 Å². The number of halogens is 3. The van der Waals surface area contributed by atoms with E-state index in [1.54, 1.807) is 30.3 Å². The van der Waals surface area contributed by atoms with Crippen LogP contribution in [0.25, 0.3) is 0 Å². The minimum Gasteiger partial charge on any atom is -0.481 e. The zero-order chi connectivity index (χ0) is 15.6. The highest BCUT2D eigenvalue weighted by atomic mass is 19.4. The molecule has 0 fully saturated rings. The van der Waals surface area contributed by atoms with Crippen LogP contribution in [0.5, 0.6) is 5.75 Å². The van der Waals surface area contributed by atoms with Gasteiger partial charge >= 0.3 is 6.18 Å². The van der Waals surface area contributed by atoms with Gasteiger partial charge < -0.3 is 4.74 Å². The first-order valence-electron chi connectivity index (χ1n) is 7.82. The molecule has 0 aliphatic heterocycles. The fourth-order valence-electron chi connectivity index (χ4n) is 2.24. The molecule has 0 saturated carbocycles. The molecule has 1 rings (SSSR count). The standard InChI is InChI=1S/C17H25F3O/c1-2-3-4-5-6-7-11-14-16(17(18,19)20)21-15-12-9-8-10-13-15/h8-10,12-13,16H,2-7,11,14H2,1H3. The van der Waals surface area contributed by atoms with Crippen molar-refractivity contribution in [2.45, 2.75) is 70.6 Å². The van der Waals surface area contributed by atoms with Gasteiger partial charge in [0.05, 0.1) is 0 Å². The first-order chi connectivity index (χ1) is 10.0. The van der Waals surface area contributed by atoms with Crippen molar-refractivity contribution in [3.05, 3.63) is 30.3 Å². The molecule has 0 radical (unpaired) electrons. The van der Waals surface area contributed by atoms with Crippen LogP contribution in [0.3, 0.4) is 0 Å². The summed E-state index contributed by atoms with van der Waals surface area (Å²) in [7, 11) is 0. The third-order valence-corrected chi connectivity index (χ3v) is 3.46. The SMILES string of the molecule is CCCCCCCCCC(Oc1ccccc1)C(F)(F)F. The maximum atomic E-state index is 13.0. The number of benzene rings is 1. The first kappa shape index (κ1) is 17.9. The van der Waals surface area contributed by atoms with Crippen LogP contribution in [0, 0.1) is 0 Å². The predicted molar refractivity (Wildman–Crippen MR) is 79.5 cm³/mol. The Hall–Kier alpha value is -1.19. The number of unbranched alkanes of at least 4 members (excludes halogenated alkanes) is 6. The Bertz CT molecular complexity index is 362. The van der Waals surface area contributed by atoms with E-state index >= 15 is 0 Å². The minimum absolute atomic E-state index is 0.0339. The van der Waals surface area contributed by atoms with E-state index in [9.17, 15) is 13.2 Å². The fraction of sp³-hybridized carbons (Fsp3) is 0.647. The van der Waals surface area contributed by atoms with Crippen molar-refractivity contribution >= 4 is 0 Å². The van der Waals surface area contributed by atoms with Gasteiger partial charge in [-0.15, -0.1) is 0 Å². The highest BCUT2D eigenvalue weighted by Crippen LogP contribution is 2.28. The summed E-state index contributed by atoms with van der Waals surface area (Å²) in [4.78, 5) is 0. The third kappa shape index (κ3) is 7.98. The average Bonchev–Trinajstić information content (AvgIpc) is 2.45. The van der Waals surface area contributed by atoms with E-state index in [2.05, 4.69) is 6.92 Å². The van der Waals surface area contributed by atoms with E-state index in [1.807, 2.05) is 0 Å². The average molecular weight is 302 g/mol. The molecule has 1 unspecified atom stereocenters. The highest BCUT2D eigenvalue weighted by molar-refractivity contribution is 5.21.